The molecule has 4 rings (SSSR count). The van der Waals surface area contributed by atoms with Crippen molar-refractivity contribution in [1.82, 2.24) is 4.98 Å². The second-order valence-corrected chi connectivity index (χ2v) is 9.08. The SMILES string of the molecule is O=C(Nc1ccc2nc(NC(=O)c3ccc(Cl)cc3Cl)sc2c1)c1ccc(Cl)cc1Cl. The smallest absolute Gasteiger partial charge is 0.258 e. The highest BCUT2D eigenvalue weighted by Crippen LogP contribution is 2.30. The van der Waals surface area contributed by atoms with Crippen molar-refractivity contribution in [2.75, 3.05) is 10.6 Å². The van der Waals surface area contributed by atoms with Gasteiger partial charge >= 0.3 is 0 Å². The average Bonchev–Trinajstić information content (AvgIpc) is 3.09. The molecule has 10 heteroatoms. The highest BCUT2D eigenvalue weighted by atomic mass is 35.5. The van der Waals surface area contributed by atoms with Crippen LogP contribution in [0.4, 0.5) is 10.8 Å². The first-order chi connectivity index (χ1) is 14.8. The summed E-state index contributed by atoms with van der Waals surface area (Å²) in [5.74, 6) is -0.761. The zero-order valence-electron chi connectivity index (χ0n) is 15.4. The molecule has 31 heavy (non-hydrogen) atoms. The normalized spacial score (nSPS) is 10.8. The van der Waals surface area contributed by atoms with Crippen LogP contribution in [0.5, 0.6) is 0 Å². The standard InChI is InChI=1S/C21H11Cl4N3O2S/c22-10-1-4-13(15(24)7-10)19(29)26-12-3-6-17-18(9-12)31-21(27-17)28-20(30)14-5-2-11(23)8-16(14)25/h1-9H,(H,26,29)(H,27,28,30). The molecule has 0 atom stereocenters. The van der Waals surface area contributed by atoms with Crippen LogP contribution in [0.15, 0.2) is 54.6 Å². The Labute approximate surface area is 200 Å². The van der Waals surface area contributed by atoms with Gasteiger partial charge in [-0.25, -0.2) is 4.98 Å². The summed E-state index contributed by atoms with van der Waals surface area (Å²) in [6, 6.07) is 14.5. The number of halogens is 4. The van der Waals surface area contributed by atoms with Crippen molar-refractivity contribution in [3.05, 3.63) is 85.8 Å². The fraction of sp³-hybridized carbons (Fsp3) is 0. The molecular weight excluding hydrogens is 500 g/mol. The Kier molecular flexibility index (Phi) is 6.36. The summed E-state index contributed by atoms with van der Waals surface area (Å²) in [6.45, 7) is 0. The molecule has 0 spiro atoms. The molecule has 0 saturated heterocycles. The summed E-state index contributed by atoms with van der Waals surface area (Å²) >= 11 is 25.2. The molecule has 0 bridgehead atoms. The molecule has 0 aliphatic heterocycles. The monoisotopic (exact) mass is 509 g/mol. The van der Waals surface area contributed by atoms with E-state index in [1.165, 1.54) is 23.5 Å². The molecule has 3 aromatic carbocycles. The Morgan fingerprint density at radius 1 is 0.742 bits per heavy atom. The van der Waals surface area contributed by atoms with E-state index in [-0.39, 0.29) is 21.5 Å². The van der Waals surface area contributed by atoms with Gasteiger partial charge in [0.1, 0.15) is 0 Å². The third-order valence-corrected chi connectivity index (χ3v) is 6.25. The number of nitrogens with one attached hydrogen (secondary N) is 2. The maximum absolute atomic E-state index is 12.5. The van der Waals surface area contributed by atoms with Crippen LogP contribution in [0.25, 0.3) is 10.2 Å². The number of hydrogen-bond donors (Lipinski definition) is 2. The van der Waals surface area contributed by atoms with Crippen LogP contribution in [-0.4, -0.2) is 16.8 Å². The summed E-state index contributed by atoms with van der Waals surface area (Å²) in [4.78, 5) is 29.4. The number of rotatable bonds is 4. The number of aromatic nitrogens is 1. The van der Waals surface area contributed by atoms with Gasteiger partial charge in [-0.2, -0.15) is 0 Å². The van der Waals surface area contributed by atoms with E-state index in [2.05, 4.69) is 15.6 Å². The fourth-order valence-corrected chi connectivity index (χ4v) is 4.65. The van der Waals surface area contributed by atoms with Gasteiger partial charge < -0.3 is 5.32 Å². The summed E-state index contributed by atoms with van der Waals surface area (Å²) < 4.78 is 0.775. The minimum absolute atomic E-state index is 0.247. The van der Waals surface area contributed by atoms with E-state index >= 15 is 0 Å². The molecule has 4 aromatic rings. The zero-order chi connectivity index (χ0) is 22.1. The topological polar surface area (TPSA) is 71.1 Å². The highest BCUT2D eigenvalue weighted by molar-refractivity contribution is 7.22. The van der Waals surface area contributed by atoms with Gasteiger partial charge in [-0.05, 0) is 54.6 Å². The molecule has 0 saturated carbocycles. The molecule has 0 aliphatic carbocycles. The molecule has 0 aliphatic rings. The van der Waals surface area contributed by atoms with Crippen LogP contribution in [-0.2, 0) is 0 Å². The molecular formula is C21H11Cl4N3O2S. The first-order valence-electron chi connectivity index (χ1n) is 8.73. The van der Waals surface area contributed by atoms with E-state index in [0.717, 1.165) is 4.70 Å². The molecule has 1 aromatic heterocycles. The number of anilines is 2. The Balaban J connectivity index is 1.52. The molecule has 2 amide bonds. The summed E-state index contributed by atoms with van der Waals surface area (Å²) in [7, 11) is 0. The molecule has 0 fully saturated rings. The lowest BCUT2D eigenvalue weighted by molar-refractivity contribution is 0.101. The van der Waals surface area contributed by atoms with Crippen LogP contribution >= 0.6 is 57.7 Å². The Morgan fingerprint density at radius 2 is 1.32 bits per heavy atom. The number of amides is 2. The van der Waals surface area contributed by atoms with Gasteiger partial charge in [-0.15, -0.1) is 0 Å². The van der Waals surface area contributed by atoms with E-state index < -0.39 is 5.91 Å². The Bertz CT molecular complexity index is 1280. The lowest BCUT2D eigenvalue weighted by Crippen LogP contribution is -2.12. The number of fused-ring (bicyclic) bond motifs is 1. The molecule has 5 nitrogen and oxygen atoms in total. The second kappa shape index (κ2) is 9.02. The first-order valence-corrected chi connectivity index (χ1v) is 11.1. The predicted octanol–water partition coefficient (Wildman–Crippen LogP) is 7.41. The third-order valence-electron chi connectivity index (χ3n) is 4.22. The molecule has 0 unspecified atom stereocenters. The number of nitrogens with zero attached hydrogens (tertiary/aromatic N) is 1. The van der Waals surface area contributed by atoms with Gasteiger partial charge in [0.05, 0.1) is 31.4 Å². The van der Waals surface area contributed by atoms with Crippen LogP contribution < -0.4 is 10.6 Å². The van der Waals surface area contributed by atoms with Crippen LogP contribution in [0.2, 0.25) is 20.1 Å². The van der Waals surface area contributed by atoms with Crippen molar-refractivity contribution < 1.29 is 9.59 Å². The lowest BCUT2D eigenvalue weighted by Gasteiger charge is -2.07. The second-order valence-electron chi connectivity index (χ2n) is 6.36. The number of carbonyl (C=O) groups excluding carboxylic acids is 2. The maximum atomic E-state index is 12.5. The maximum Gasteiger partial charge on any atom is 0.258 e. The van der Waals surface area contributed by atoms with Crippen molar-refractivity contribution in [3.8, 4) is 0 Å². The number of carbonyl (C=O) groups is 2. The van der Waals surface area contributed by atoms with E-state index in [1.54, 1.807) is 42.5 Å². The van der Waals surface area contributed by atoms with Gasteiger partial charge in [0.25, 0.3) is 11.8 Å². The lowest BCUT2D eigenvalue weighted by atomic mass is 10.2. The largest absolute Gasteiger partial charge is 0.322 e. The molecule has 2 N–H and O–H groups in total. The van der Waals surface area contributed by atoms with Crippen molar-refractivity contribution in [2.45, 2.75) is 0 Å². The summed E-state index contributed by atoms with van der Waals surface area (Å²) in [6.07, 6.45) is 0. The summed E-state index contributed by atoms with van der Waals surface area (Å²) in [5, 5.41) is 7.32. The van der Waals surface area contributed by atoms with Crippen molar-refractivity contribution in [2.24, 2.45) is 0 Å². The van der Waals surface area contributed by atoms with Crippen LogP contribution in [0.3, 0.4) is 0 Å². The average molecular weight is 511 g/mol. The Morgan fingerprint density at radius 3 is 1.90 bits per heavy atom. The van der Waals surface area contributed by atoms with Gasteiger partial charge in [0.15, 0.2) is 5.13 Å². The van der Waals surface area contributed by atoms with E-state index in [0.29, 0.717) is 31.9 Å². The molecule has 0 radical (unpaired) electrons. The first kappa shape index (κ1) is 21.9. The minimum atomic E-state index is -0.397. The van der Waals surface area contributed by atoms with Crippen molar-refractivity contribution in [3.63, 3.8) is 0 Å². The number of benzene rings is 3. The summed E-state index contributed by atoms with van der Waals surface area (Å²) in [5.41, 5.74) is 1.83. The number of hydrogen-bond acceptors (Lipinski definition) is 4. The molecule has 156 valence electrons. The molecule has 1 heterocycles. The van der Waals surface area contributed by atoms with Crippen molar-refractivity contribution >= 4 is 90.6 Å². The van der Waals surface area contributed by atoms with Gasteiger partial charge in [-0.3, -0.25) is 14.9 Å². The quantitative estimate of drug-likeness (QED) is 0.300. The van der Waals surface area contributed by atoms with Crippen molar-refractivity contribution in [1.29, 1.82) is 0 Å². The van der Waals surface area contributed by atoms with Gasteiger partial charge in [-0.1, -0.05) is 57.7 Å². The predicted molar refractivity (Wildman–Crippen MR) is 128 cm³/mol. The van der Waals surface area contributed by atoms with Gasteiger partial charge in [0.2, 0.25) is 0 Å². The van der Waals surface area contributed by atoms with Crippen LogP contribution in [0.1, 0.15) is 20.7 Å². The highest BCUT2D eigenvalue weighted by Gasteiger charge is 2.15. The third kappa shape index (κ3) is 4.95. The van der Waals surface area contributed by atoms with E-state index in [9.17, 15) is 9.59 Å². The zero-order valence-corrected chi connectivity index (χ0v) is 19.2. The Hall–Kier alpha value is -2.35. The fourth-order valence-electron chi connectivity index (χ4n) is 2.77. The minimum Gasteiger partial charge on any atom is -0.322 e. The number of thiazole rings is 1. The van der Waals surface area contributed by atoms with E-state index in [1.807, 2.05) is 0 Å². The van der Waals surface area contributed by atoms with Crippen LogP contribution in [0, 0.1) is 0 Å². The van der Waals surface area contributed by atoms with E-state index in [4.69, 9.17) is 46.4 Å². The van der Waals surface area contributed by atoms with Gasteiger partial charge in [0, 0.05) is 15.7 Å².